The van der Waals surface area contributed by atoms with Gasteiger partial charge in [0.25, 0.3) is 0 Å². The topological polar surface area (TPSA) is 86.2 Å². The molecule has 0 atom stereocenters. The van der Waals surface area contributed by atoms with Gasteiger partial charge in [0.2, 0.25) is 10.0 Å². The van der Waals surface area contributed by atoms with Crippen molar-refractivity contribution in [3.05, 3.63) is 24.5 Å². The van der Waals surface area contributed by atoms with Gasteiger partial charge in [0, 0.05) is 6.07 Å². The van der Waals surface area contributed by atoms with E-state index in [1.54, 1.807) is 12.1 Å². The minimum absolute atomic E-state index is 0.121. The maximum Gasteiger partial charge on any atom is 0.247 e. The Morgan fingerprint density at radius 2 is 2.14 bits per heavy atom. The Bertz CT molecular complexity index is 527. The molecule has 0 radical (unpaired) electrons. The number of rotatable bonds is 2. The molecular weight excluding hydrogens is 224 g/mol. The van der Waals surface area contributed by atoms with E-state index in [1.165, 1.54) is 12.3 Å². The van der Waals surface area contributed by atoms with E-state index in [1.807, 2.05) is 0 Å². The number of hydrogen-bond donors (Lipinski definition) is 1. The van der Waals surface area contributed by atoms with Gasteiger partial charge in [0.1, 0.15) is 16.2 Å². The van der Waals surface area contributed by atoms with Crippen molar-refractivity contribution in [2.24, 2.45) is 5.14 Å². The number of nitrogens with zero attached hydrogens (tertiary/aromatic N) is 1. The number of primary sulfonamides is 1. The zero-order valence-electron chi connectivity index (χ0n) is 6.88. The Morgan fingerprint density at radius 3 is 2.64 bits per heavy atom. The second-order valence-corrected chi connectivity index (χ2v) is 5.42. The largest absolute Gasteiger partial charge is 0.364 e. The van der Waals surface area contributed by atoms with Crippen molar-refractivity contribution in [2.45, 2.75) is 4.21 Å². The third kappa shape index (κ3) is 1.69. The predicted molar refractivity (Wildman–Crippen MR) is 51.2 cm³/mol. The number of nitrogens with two attached hydrogens (primary N) is 1. The maximum absolute atomic E-state index is 11.0. The molecule has 0 aliphatic carbocycles. The summed E-state index contributed by atoms with van der Waals surface area (Å²) in [5.41, 5.74) is 0.602. The van der Waals surface area contributed by atoms with Gasteiger partial charge in [-0.05, 0) is 12.1 Å². The average Bonchev–Trinajstić information content (AvgIpc) is 2.73. The number of hydrogen-bond acceptors (Lipinski definition) is 5. The summed E-state index contributed by atoms with van der Waals surface area (Å²) >= 11 is 1.06. The van der Waals surface area contributed by atoms with Crippen LogP contribution in [0.5, 0.6) is 0 Å². The Hall–Kier alpha value is -1.18. The summed E-state index contributed by atoms with van der Waals surface area (Å²) in [4.78, 5) is 0.711. The molecule has 0 amide bonds. The lowest BCUT2D eigenvalue weighted by atomic mass is 10.3. The third-order valence-electron chi connectivity index (χ3n) is 1.55. The molecule has 0 aliphatic heterocycles. The quantitative estimate of drug-likeness (QED) is 0.835. The molecule has 2 aromatic rings. The molecule has 5 nitrogen and oxygen atoms in total. The van der Waals surface area contributed by atoms with Crippen molar-refractivity contribution < 1.29 is 12.9 Å². The van der Waals surface area contributed by atoms with E-state index < -0.39 is 10.0 Å². The fraction of sp³-hybridized carbons (Fsp3) is 0. The monoisotopic (exact) mass is 230 g/mol. The standard InChI is InChI=1S/C7H6N2O3S2/c8-14(10,11)7-2-1-6(13-7)5-3-4-12-9-5/h1-4H,(H2,8,10,11). The van der Waals surface area contributed by atoms with E-state index >= 15 is 0 Å². The van der Waals surface area contributed by atoms with E-state index in [9.17, 15) is 8.42 Å². The summed E-state index contributed by atoms with van der Waals surface area (Å²) in [5.74, 6) is 0. The Kier molecular flexibility index (Phi) is 2.14. The van der Waals surface area contributed by atoms with Crippen LogP contribution in [0.3, 0.4) is 0 Å². The van der Waals surface area contributed by atoms with Crippen molar-refractivity contribution in [2.75, 3.05) is 0 Å². The highest BCUT2D eigenvalue weighted by Gasteiger charge is 2.13. The van der Waals surface area contributed by atoms with E-state index in [2.05, 4.69) is 9.68 Å². The normalized spacial score (nSPS) is 11.8. The summed E-state index contributed by atoms with van der Waals surface area (Å²) in [6, 6.07) is 4.74. The van der Waals surface area contributed by atoms with Crippen LogP contribution < -0.4 is 5.14 Å². The predicted octanol–water partition coefficient (Wildman–Crippen LogP) is 1.05. The highest BCUT2D eigenvalue weighted by atomic mass is 32.2. The van der Waals surface area contributed by atoms with Crippen LogP contribution in [0.15, 0.2) is 33.2 Å². The minimum atomic E-state index is -3.61. The molecule has 0 aliphatic rings. The maximum atomic E-state index is 11.0. The summed E-state index contributed by atoms with van der Waals surface area (Å²) in [7, 11) is -3.61. The fourth-order valence-corrected chi connectivity index (χ4v) is 2.64. The van der Waals surface area contributed by atoms with Crippen molar-refractivity contribution in [3.63, 3.8) is 0 Å². The zero-order valence-corrected chi connectivity index (χ0v) is 8.51. The SMILES string of the molecule is NS(=O)(=O)c1ccc(-c2ccon2)s1. The van der Waals surface area contributed by atoms with Gasteiger partial charge < -0.3 is 4.52 Å². The molecule has 0 saturated heterocycles. The first-order chi connectivity index (χ1) is 6.57. The van der Waals surface area contributed by atoms with Gasteiger partial charge in [-0.25, -0.2) is 13.6 Å². The molecule has 2 rings (SSSR count). The average molecular weight is 230 g/mol. The molecule has 14 heavy (non-hydrogen) atoms. The van der Waals surface area contributed by atoms with Crippen molar-refractivity contribution in [1.29, 1.82) is 0 Å². The van der Waals surface area contributed by atoms with Gasteiger partial charge in [-0.2, -0.15) is 0 Å². The second-order valence-electron chi connectivity index (χ2n) is 2.55. The van der Waals surface area contributed by atoms with Crippen LogP contribution >= 0.6 is 11.3 Å². The van der Waals surface area contributed by atoms with Crippen LogP contribution in [0.1, 0.15) is 0 Å². The van der Waals surface area contributed by atoms with Crippen molar-refractivity contribution in [3.8, 4) is 10.6 Å². The van der Waals surface area contributed by atoms with Crippen molar-refractivity contribution in [1.82, 2.24) is 5.16 Å². The van der Waals surface area contributed by atoms with Gasteiger partial charge in [-0.1, -0.05) is 5.16 Å². The zero-order chi connectivity index (χ0) is 10.2. The molecular formula is C7H6N2O3S2. The highest BCUT2D eigenvalue weighted by Crippen LogP contribution is 2.28. The van der Waals surface area contributed by atoms with Gasteiger partial charge in [0.05, 0.1) is 4.88 Å². The lowest BCUT2D eigenvalue weighted by molar-refractivity contribution is 0.422. The minimum Gasteiger partial charge on any atom is -0.364 e. The van der Waals surface area contributed by atoms with Crippen LogP contribution in [-0.2, 0) is 10.0 Å². The molecule has 7 heteroatoms. The Balaban J connectivity index is 2.46. The molecule has 0 bridgehead atoms. The molecule has 0 unspecified atom stereocenters. The summed E-state index contributed by atoms with van der Waals surface area (Å²) in [6.07, 6.45) is 1.42. The van der Waals surface area contributed by atoms with E-state index in [0.717, 1.165) is 11.3 Å². The molecule has 2 N–H and O–H groups in total. The third-order valence-corrected chi connectivity index (χ3v) is 4.10. The first-order valence-corrected chi connectivity index (χ1v) is 5.97. The van der Waals surface area contributed by atoms with E-state index in [0.29, 0.717) is 10.6 Å². The molecule has 2 heterocycles. The van der Waals surface area contributed by atoms with Crippen LogP contribution in [-0.4, -0.2) is 13.6 Å². The number of sulfonamides is 1. The van der Waals surface area contributed by atoms with E-state index in [-0.39, 0.29) is 4.21 Å². The smallest absolute Gasteiger partial charge is 0.247 e. The van der Waals surface area contributed by atoms with Crippen LogP contribution in [0, 0.1) is 0 Å². The van der Waals surface area contributed by atoms with Gasteiger partial charge in [0.15, 0.2) is 0 Å². The number of thiophene rings is 1. The van der Waals surface area contributed by atoms with Crippen LogP contribution in [0.4, 0.5) is 0 Å². The second kappa shape index (κ2) is 3.19. The molecule has 0 spiro atoms. The first kappa shape index (κ1) is 9.38. The Labute approximate surface area is 84.2 Å². The molecule has 0 fully saturated rings. The summed E-state index contributed by atoms with van der Waals surface area (Å²) < 4.78 is 26.7. The fourth-order valence-electron chi connectivity index (χ4n) is 0.950. The summed E-state index contributed by atoms with van der Waals surface area (Å²) in [5, 5.41) is 8.64. The van der Waals surface area contributed by atoms with Gasteiger partial charge >= 0.3 is 0 Å². The van der Waals surface area contributed by atoms with Crippen LogP contribution in [0.25, 0.3) is 10.6 Å². The first-order valence-electron chi connectivity index (χ1n) is 3.61. The van der Waals surface area contributed by atoms with Gasteiger partial charge in [-0.15, -0.1) is 11.3 Å². The van der Waals surface area contributed by atoms with Crippen LogP contribution in [0.2, 0.25) is 0 Å². The molecule has 2 aromatic heterocycles. The van der Waals surface area contributed by atoms with E-state index in [4.69, 9.17) is 5.14 Å². The highest BCUT2D eigenvalue weighted by molar-refractivity contribution is 7.91. The molecule has 74 valence electrons. The Morgan fingerprint density at radius 1 is 1.36 bits per heavy atom. The molecule has 0 aromatic carbocycles. The summed E-state index contributed by atoms with van der Waals surface area (Å²) in [6.45, 7) is 0. The lowest BCUT2D eigenvalue weighted by Gasteiger charge is -1.88. The lowest BCUT2D eigenvalue weighted by Crippen LogP contribution is -2.09. The van der Waals surface area contributed by atoms with Gasteiger partial charge in [-0.3, -0.25) is 0 Å². The van der Waals surface area contributed by atoms with Crippen molar-refractivity contribution >= 4 is 21.4 Å². The molecule has 0 saturated carbocycles. The number of aromatic nitrogens is 1.